The van der Waals surface area contributed by atoms with E-state index in [0.717, 1.165) is 5.92 Å². The molecule has 0 saturated heterocycles. The Balaban J connectivity index is 2.04. The van der Waals surface area contributed by atoms with Gasteiger partial charge in [0.05, 0.1) is 0 Å². The van der Waals surface area contributed by atoms with E-state index in [9.17, 15) is 0 Å². The van der Waals surface area contributed by atoms with Crippen LogP contribution in [0.5, 0.6) is 0 Å². The number of hydrogen-bond donors (Lipinski definition) is 0. The molecular weight excluding hydrogens is 204 g/mol. The van der Waals surface area contributed by atoms with E-state index in [1.54, 1.807) is 22.3 Å². The molecule has 2 aromatic rings. The summed E-state index contributed by atoms with van der Waals surface area (Å²) in [5, 5.41) is 0. The fraction of sp³-hybridized carbons (Fsp3) is 0.294. The van der Waals surface area contributed by atoms with Gasteiger partial charge in [-0.15, -0.1) is 0 Å². The monoisotopic (exact) mass is 220 g/mol. The Hall–Kier alpha value is -1.56. The molecule has 0 aromatic heterocycles. The number of hydrogen-bond acceptors (Lipinski definition) is 0. The van der Waals surface area contributed by atoms with Gasteiger partial charge in [-0.05, 0) is 34.6 Å². The molecule has 0 fully saturated rings. The van der Waals surface area contributed by atoms with Crippen molar-refractivity contribution in [3.63, 3.8) is 0 Å². The molecule has 2 bridgehead atoms. The van der Waals surface area contributed by atoms with Crippen molar-refractivity contribution in [3.8, 4) is 0 Å². The molecule has 0 radical (unpaired) electrons. The Labute approximate surface area is 102 Å². The van der Waals surface area contributed by atoms with Crippen molar-refractivity contribution in [1.29, 1.82) is 0 Å². The Morgan fingerprint density at radius 2 is 1.24 bits per heavy atom. The first kappa shape index (κ1) is 9.47. The van der Waals surface area contributed by atoms with Crippen LogP contribution in [0.2, 0.25) is 0 Å². The van der Waals surface area contributed by atoms with Crippen LogP contribution in [0.25, 0.3) is 0 Å². The van der Waals surface area contributed by atoms with Gasteiger partial charge in [-0.3, -0.25) is 0 Å². The van der Waals surface area contributed by atoms with Gasteiger partial charge in [0.15, 0.2) is 0 Å². The number of benzene rings is 2. The second kappa shape index (κ2) is 3.22. The first-order valence-corrected chi connectivity index (χ1v) is 6.54. The second-order valence-corrected chi connectivity index (χ2v) is 5.50. The molecule has 5 rings (SSSR count). The topological polar surface area (TPSA) is 0 Å². The molecule has 0 saturated carbocycles. The van der Waals surface area contributed by atoms with Gasteiger partial charge in [-0.1, -0.05) is 55.5 Å². The summed E-state index contributed by atoms with van der Waals surface area (Å²) in [7, 11) is 0. The van der Waals surface area contributed by atoms with E-state index in [0.29, 0.717) is 11.8 Å². The maximum Gasteiger partial charge on any atom is 0.0121 e. The van der Waals surface area contributed by atoms with Crippen LogP contribution in [0.4, 0.5) is 0 Å². The van der Waals surface area contributed by atoms with Crippen molar-refractivity contribution in [2.45, 2.75) is 25.2 Å². The lowest BCUT2D eigenvalue weighted by Gasteiger charge is -2.44. The molecule has 3 aliphatic carbocycles. The van der Waals surface area contributed by atoms with Gasteiger partial charge in [0, 0.05) is 11.8 Å². The van der Waals surface area contributed by atoms with Gasteiger partial charge in [0.1, 0.15) is 0 Å². The normalized spacial score (nSPS) is 28.6. The van der Waals surface area contributed by atoms with Gasteiger partial charge < -0.3 is 0 Å². The molecule has 0 N–H and O–H groups in total. The van der Waals surface area contributed by atoms with Crippen molar-refractivity contribution in [2.24, 2.45) is 5.92 Å². The highest BCUT2D eigenvalue weighted by Crippen LogP contribution is 2.54. The third-order valence-electron chi connectivity index (χ3n) is 4.59. The molecule has 2 aromatic carbocycles. The predicted octanol–water partition coefficient (Wildman–Crippen LogP) is 4.30. The zero-order valence-corrected chi connectivity index (χ0v) is 10.1. The van der Waals surface area contributed by atoms with E-state index in [1.807, 2.05) is 0 Å². The summed E-state index contributed by atoms with van der Waals surface area (Å²) in [6.45, 7) is 2.41. The van der Waals surface area contributed by atoms with E-state index in [4.69, 9.17) is 0 Å². The zero-order chi connectivity index (χ0) is 11.4. The molecule has 0 nitrogen and oxygen atoms in total. The minimum absolute atomic E-state index is 0.632. The quantitative estimate of drug-likeness (QED) is 0.621. The summed E-state index contributed by atoms with van der Waals surface area (Å²) < 4.78 is 0. The average molecular weight is 220 g/mol. The molecule has 0 spiro atoms. The minimum atomic E-state index is 0.632. The fourth-order valence-corrected chi connectivity index (χ4v) is 3.93. The largest absolute Gasteiger partial charge is 0.0620 e. The lowest BCUT2D eigenvalue weighted by molar-refractivity contribution is 0.385. The second-order valence-electron chi connectivity index (χ2n) is 5.50. The maximum atomic E-state index is 2.41. The highest BCUT2D eigenvalue weighted by atomic mass is 14.4. The Bertz CT molecular complexity index is 535. The predicted molar refractivity (Wildman–Crippen MR) is 70.4 cm³/mol. The third-order valence-corrected chi connectivity index (χ3v) is 4.59. The van der Waals surface area contributed by atoms with E-state index in [1.165, 1.54) is 6.42 Å². The van der Waals surface area contributed by atoms with E-state index < -0.39 is 0 Å². The Kier molecular flexibility index (Phi) is 1.80. The summed E-state index contributed by atoms with van der Waals surface area (Å²) in [6, 6.07) is 18.1. The summed E-state index contributed by atoms with van der Waals surface area (Å²) in [6.07, 6.45) is 1.32. The van der Waals surface area contributed by atoms with Crippen molar-refractivity contribution in [3.05, 3.63) is 70.8 Å². The van der Waals surface area contributed by atoms with Crippen LogP contribution in [0.3, 0.4) is 0 Å². The van der Waals surface area contributed by atoms with Crippen molar-refractivity contribution in [1.82, 2.24) is 0 Å². The molecule has 0 heterocycles. The van der Waals surface area contributed by atoms with Crippen molar-refractivity contribution < 1.29 is 0 Å². The van der Waals surface area contributed by atoms with Crippen molar-refractivity contribution >= 4 is 0 Å². The number of rotatable bonds is 0. The average Bonchev–Trinajstić information content (AvgIpc) is 2.39. The Morgan fingerprint density at radius 1 is 0.765 bits per heavy atom. The Morgan fingerprint density at radius 3 is 1.76 bits per heavy atom. The number of fused-ring (bicyclic) bond motifs is 1. The fourth-order valence-electron chi connectivity index (χ4n) is 3.93. The van der Waals surface area contributed by atoms with Gasteiger partial charge >= 0.3 is 0 Å². The van der Waals surface area contributed by atoms with E-state index in [2.05, 4.69) is 55.5 Å². The van der Waals surface area contributed by atoms with Crippen LogP contribution in [-0.2, 0) is 0 Å². The lowest BCUT2D eigenvalue weighted by Crippen LogP contribution is -2.30. The van der Waals surface area contributed by atoms with Crippen molar-refractivity contribution in [2.75, 3.05) is 0 Å². The first-order chi connectivity index (χ1) is 8.36. The molecule has 84 valence electrons. The van der Waals surface area contributed by atoms with Crippen LogP contribution in [0.1, 0.15) is 47.4 Å². The molecule has 1 atom stereocenters. The SMILES string of the molecule is CC1CC2c3ccccc3C1c1ccccc12. The molecule has 0 aliphatic heterocycles. The molecule has 0 amide bonds. The zero-order valence-electron chi connectivity index (χ0n) is 10.1. The van der Waals surface area contributed by atoms with Crippen LogP contribution < -0.4 is 0 Å². The first-order valence-electron chi connectivity index (χ1n) is 6.54. The van der Waals surface area contributed by atoms with Crippen LogP contribution in [0, 0.1) is 5.92 Å². The molecular formula is C17H16. The van der Waals surface area contributed by atoms with Crippen LogP contribution in [0.15, 0.2) is 48.5 Å². The van der Waals surface area contributed by atoms with Crippen LogP contribution in [-0.4, -0.2) is 0 Å². The molecule has 0 heteroatoms. The lowest BCUT2D eigenvalue weighted by atomic mass is 9.60. The summed E-state index contributed by atoms with van der Waals surface area (Å²) in [4.78, 5) is 0. The van der Waals surface area contributed by atoms with Crippen LogP contribution >= 0.6 is 0 Å². The summed E-state index contributed by atoms with van der Waals surface area (Å²) in [5.41, 5.74) is 6.31. The van der Waals surface area contributed by atoms with E-state index in [-0.39, 0.29) is 0 Å². The molecule has 3 aliphatic rings. The molecule has 17 heavy (non-hydrogen) atoms. The van der Waals surface area contributed by atoms with Gasteiger partial charge in [0.25, 0.3) is 0 Å². The standard InChI is InChI=1S/C17H16/c1-11-10-16-12-6-2-4-8-14(12)17(11)15-9-5-3-7-13(15)16/h2-9,11,16-17H,10H2,1H3. The van der Waals surface area contributed by atoms with Gasteiger partial charge in [0.2, 0.25) is 0 Å². The summed E-state index contributed by atoms with van der Waals surface area (Å²) >= 11 is 0. The maximum absolute atomic E-state index is 2.41. The summed E-state index contributed by atoms with van der Waals surface area (Å²) in [5.74, 6) is 2.06. The highest BCUT2D eigenvalue weighted by Gasteiger charge is 2.40. The third kappa shape index (κ3) is 1.13. The van der Waals surface area contributed by atoms with Gasteiger partial charge in [-0.2, -0.15) is 0 Å². The van der Waals surface area contributed by atoms with E-state index >= 15 is 0 Å². The highest BCUT2D eigenvalue weighted by molar-refractivity contribution is 5.55. The minimum Gasteiger partial charge on any atom is -0.0620 e. The van der Waals surface area contributed by atoms with Gasteiger partial charge in [-0.25, -0.2) is 0 Å². The molecule has 1 unspecified atom stereocenters. The smallest absolute Gasteiger partial charge is 0.0121 e.